The van der Waals surface area contributed by atoms with Crippen LogP contribution in [0.3, 0.4) is 0 Å². The van der Waals surface area contributed by atoms with Crippen molar-refractivity contribution >= 4 is 34.9 Å². The van der Waals surface area contributed by atoms with Crippen LogP contribution in [0.15, 0.2) is 36.7 Å². The van der Waals surface area contributed by atoms with E-state index in [4.69, 9.17) is 11.6 Å². The Morgan fingerprint density at radius 3 is 2.55 bits per heavy atom. The molecule has 1 unspecified atom stereocenters. The summed E-state index contributed by atoms with van der Waals surface area (Å²) in [5.41, 5.74) is 1.55. The summed E-state index contributed by atoms with van der Waals surface area (Å²) < 4.78 is 37.9. The second kappa shape index (κ2) is 10.2. The van der Waals surface area contributed by atoms with Crippen LogP contribution < -0.4 is 10.6 Å². The summed E-state index contributed by atoms with van der Waals surface area (Å²) in [6.45, 7) is 4.04. The molecular formula is C22H23ClF3N5O2. The van der Waals surface area contributed by atoms with Gasteiger partial charge < -0.3 is 10.2 Å². The molecule has 1 atom stereocenters. The highest BCUT2D eigenvalue weighted by Crippen LogP contribution is 2.30. The van der Waals surface area contributed by atoms with Crippen LogP contribution in [0.5, 0.6) is 0 Å². The number of aromatic nitrogens is 2. The van der Waals surface area contributed by atoms with Crippen molar-refractivity contribution < 1.29 is 22.8 Å². The fraction of sp³-hybridized carbons (Fsp3) is 0.364. The molecule has 0 aromatic carbocycles. The summed E-state index contributed by atoms with van der Waals surface area (Å²) in [5, 5.41) is 5.80. The maximum atomic E-state index is 12.6. The third-order valence-corrected chi connectivity index (χ3v) is 5.30. The number of alkyl halides is 3. The Morgan fingerprint density at radius 2 is 2.00 bits per heavy atom. The van der Waals surface area contributed by atoms with E-state index >= 15 is 0 Å². The molecule has 176 valence electrons. The number of nitrogens with one attached hydrogen (secondary N) is 2. The predicted octanol–water partition coefficient (Wildman–Crippen LogP) is 4.54. The monoisotopic (exact) mass is 481 g/mol. The molecule has 0 bridgehead atoms. The van der Waals surface area contributed by atoms with Gasteiger partial charge in [0.15, 0.2) is 0 Å². The van der Waals surface area contributed by atoms with Gasteiger partial charge in [0.05, 0.1) is 16.3 Å². The van der Waals surface area contributed by atoms with Crippen molar-refractivity contribution in [3.8, 4) is 0 Å². The highest BCUT2D eigenvalue weighted by atomic mass is 35.5. The van der Waals surface area contributed by atoms with Crippen molar-refractivity contribution in [2.75, 3.05) is 18.4 Å². The molecule has 2 aromatic heterocycles. The number of nitrogens with zero attached hydrogens (tertiary/aromatic N) is 3. The third-order valence-electron chi connectivity index (χ3n) is 5.02. The molecule has 11 heteroatoms. The standard InChI is InChI=1S/C22H23ClF3N5O2/c1-13(29-14(2)32)9-15-10-18(23)20(28-11-15)16-5-7-31(8-6-16)21(33)30-19-4-3-17(12-27-19)22(24,25)26/h3-5,10-13H,6-9H2,1-2H3,(H,29,32)(H,27,30,33). The van der Waals surface area contributed by atoms with Crippen molar-refractivity contribution in [2.45, 2.75) is 38.9 Å². The molecule has 2 N–H and O–H groups in total. The fourth-order valence-electron chi connectivity index (χ4n) is 3.47. The molecule has 0 radical (unpaired) electrons. The first-order valence-electron chi connectivity index (χ1n) is 10.2. The zero-order chi connectivity index (χ0) is 24.2. The summed E-state index contributed by atoms with van der Waals surface area (Å²) in [5.74, 6) is -0.0650. The number of pyridine rings is 2. The molecule has 7 nitrogen and oxygen atoms in total. The van der Waals surface area contributed by atoms with E-state index in [1.807, 2.05) is 19.1 Å². The summed E-state index contributed by atoms with van der Waals surface area (Å²) in [6.07, 6.45) is 0.867. The first-order chi connectivity index (χ1) is 15.5. The average Bonchev–Trinajstić information content (AvgIpc) is 2.73. The molecule has 0 spiro atoms. The van der Waals surface area contributed by atoms with Crippen LogP contribution in [-0.4, -0.2) is 45.9 Å². The smallest absolute Gasteiger partial charge is 0.354 e. The lowest BCUT2D eigenvalue weighted by Gasteiger charge is -2.26. The van der Waals surface area contributed by atoms with Crippen molar-refractivity contribution in [3.05, 3.63) is 58.5 Å². The summed E-state index contributed by atoms with van der Waals surface area (Å²) >= 11 is 6.43. The SMILES string of the molecule is CC(=O)NC(C)Cc1cnc(C2=CCN(C(=O)Nc3ccc(C(F)(F)F)cn3)CC2)c(Cl)c1. The van der Waals surface area contributed by atoms with Crippen molar-refractivity contribution in [2.24, 2.45) is 0 Å². The average molecular weight is 482 g/mol. The van der Waals surface area contributed by atoms with Gasteiger partial charge in [-0.1, -0.05) is 17.7 Å². The Morgan fingerprint density at radius 1 is 1.24 bits per heavy atom. The molecule has 1 aliphatic heterocycles. The van der Waals surface area contributed by atoms with Gasteiger partial charge in [-0.05, 0) is 49.1 Å². The number of carbonyl (C=O) groups is 2. The Balaban J connectivity index is 1.60. The van der Waals surface area contributed by atoms with Crippen LogP contribution in [0, 0.1) is 0 Å². The number of carbonyl (C=O) groups excluding carboxylic acids is 2. The van der Waals surface area contributed by atoms with E-state index in [-0.39, 0.29) is 17.8 Å². The minimum atomic E-state index is -4.49. The molecule has 3 rings (SSSR count). The van der Waals surface area contributed by atoms with Crippen LogP contribution in [0.25, 0.3) is 5.57 Å². The maximum absolute atomic E-state index is 12.6. The van der Waals surface area contributed by atoms with E-state index < -0.39 is 17.8 Å². The summed E-state index contributed by atoms with van der Waals surface area (Å²) in [7, 11) is 0. The largest absolute Gasteiger partial charge is 0.417 e. The molecular weight excluding hydrogens is 459 g/mol. The van der Waals surface area contributed by atoms with Gasteiger partial charge >= 0.3 is 12.2 Å². The number of halogens is 4. The number of amides is 3. The van der Waals surface area contributed by atoms with Crippen molar-refractivity contribution in [3.63, 3.8) is 0 Å². The van der Waals surface area contributed by atoms with Crippen LogP contribution in [-0.2, 0) is 17.4 Å². The molecule has 0 fully saturated rings. The Hall–Kier alpha value is -3.14. The second-order valence-corrected chi connectivity index (χ2v) is 8.17. The van der Waals surface area contributed by atoms with Gasteiger partial charge in [-0.3, -0.25) is 15.1 Å². The van der Waals surface area contributed by atoms with Gasteiger partial charge in [0, 0.05) is 38.4 Å². The lowest BCUT2D eigenvalue weighted by Crippen LogP contribution is -2.38. The topological polar surface area (TPSA) is 87.2 Å². The zero-order valence-electron chi connectivity index (χ0n) is 18.0. The Labute approximate surface area is 194 Å². The van der Waals surface area contributed by atoms with E-state index in [1.165, 1.54) is 11.8 Å². The van der Waals surface area contributed by atoms with Gasteiger partial charge in [-0.25, -0.2) is 9.78 Å². The fourth-order valence-corrected chi connectivity index (χ4v) is 3.78. The van der Waals surface area contributed by atoms with Gasteiger partial charge in [0.25, 0.3) is 0 Å². The molecule has 3 heterocycles. The molecule has 2 aromatic rings. The van der Waals surface area contributed by atoms with Crippen LogP contribution in [0.2, 0.25) is 5.02 Å². The molecule has 0 aliphatic carbocycles. The molecule has 0 saturated heterocycles. The first-order valence-corrected chi connectivity index (χ1v) is 10.6. The number of hydrogen-bond acceptors (Lipinski definition) is 4. The molecule has 0 saturated carbocycles. The first kappa shape index (κ1) is 24.5. The lowest BCUT2D eigenvalue weighted by atomic mass is 10.0. The van der Waals surface area contributed by atoms with E-state index in [0.29, 0.717) is 42.8 Å². The Bertz CT molecular complexity index is 1060. The highest BCUT2D eigenvalue weighted by Gasteiger charge is 2.30. The predicted molar refractivity (Wildman–Crippen MR) is 119 cm³/mol. The number of urea groups is 1. The highest BCUT2D eigenvalue weighted by molar-refractivity contribution is 6.32. The summed E-state index contributed by atoms with van der Waals surface area (Å²) in [4.78, 5) is 33.2. The molecule has 3 amide bonds. The third kappa shape index (κ3) is 6.67. The van der Waals surface area contributed by atoms with Crippen LogP contribution >= 0.6 is 11.6 Å². The second-order valence-electron chi connectivity index (χ2n) is 7.77. The quantitative estimate of drug-likeness (QED) is 0.656. The van der Waals surface area contributed by atoms with Gasteiger partial charge in [0.1, 0.15) is 5.82 Å². The van der Waals surface area contributed by atoms with Gasteiger partial charge in [-0.15, -0.1) is 0 Å². The van der Waals surface area contributed by atoms with E-state index in [9.17, 15) is 22.8 Å². The minimum absolute atomic E-state index is 0.0385. The maximum Gasteiger partial charge on any atom is 0.417 e. The van der Waals surface area contributed by atoms with Crippen molar-refractivity contribution in [1.29, 1.82) is 0 Å². The molecule has 33 heavy (non-hydrogen) atoms. The normalized spacial score (nSPS) is 15.0. The van der Waals surface area contributed by atoms with Crippen LogP contribution in [0.4, 0.5) is 23.8 Å². The number of rotatable bonds is 5. The number of anilines is 1. The van der Waals surface area contributed by atoms with E-state index in [1.54, 1.807) is 6.20 Å². The Kier molecular flexibility index (Phi) is 7.57. The lowest BCUT2D eigenvalue weighted by molar-refractivity contribution is -0.137. The van der Waals surface area contributed by atoms with E-state index in [2.05, 4.69) is 20.6 Å². The minimum Gasteiger partial charge on any atom is -0.354 e. The van der Waals surface area contributed by atoms with Gasteiger partial charge in [-0.2, -0.15) is 13.2 Å². The van der Waals surface area contributed by atoms with E-state index in [0.717, 1.165) is 23.3 Å². The van der Waals surface area contributed by atoms with Crippen LogP contribution in [0.1, 0.15) is 37.1 Å². The van der Waals surface area contributed by atoms with Crippen molar-refractivity contribution in [1.82, 2.24) is 20.2 Å². The zero-order valence-corrected chi connectivity index (χ0v) is 18.8. The molecule has 1 aliphatic rings. The summed E-state index contributed by atoms with van der Waals surface area (Å²) in [6, 6.07) is 3.29. The van der Waals surface area contributed by atoms with Gasteiger partial charge in [0.2, 0.25) is 5.91 Å². The number of hydrogen-bond donors (Lipinski definition) is 2.